The molecule has 0 fully saturated rings. The average molecular weight is 590 g/mol. The van der Waals surface area contributed by atoms with Crippen molar-refractivity contribution < 1.29 is 28.2 Å². The van der Waals surface area contributed by atoms with Gasteiger partial charge in [0.15, 0.2) is 5.78 Å². The van der Waals surface area contributed by atoms with Crippen LogP contribution in [0.2, 0.25) is 0 Å². The van der Waals surface area contributed by atoms with Crippen LogP contribution in [-0.2, 0) is 12.1 Å². The molecule has 1 atom stereocenters. The van der Waals surface area contributed by atoms with Crippen LogP contribution in [0, 0.1) is 11.6 Å². The van der Waals surface area contributed by atoms with Crippen molar-refractivity contribution in [3.8, 4) is 11.5 Å². The molecule has 4 rings (SSSR count). The van der Waals surface area contributed by atoms with Gasteiger partial charge in [0.2, 0.25) is 0 Å². The second kappa shape index (κ2) is 15.7. The Morgan fingerprint density at radius 2 is 1.63 bits per heavy atom. The Kier molecular flexibility index (Phi) is 11.6. The van der Waals surface area contributed by atoms with Crippen LogP contribution >= 0.6 is 0 Å². The molecule has 3 aromatic carbocycles. The van der Waals surface area contributed by atoms with Crippen molar-refractivity contribution in [3.63, 3.8) is 0 Å². The normalized spacial score (nSPS) is 12.7. The number of benzene rings is 3. The van der Waals surface area contributed by atoms with E-state index in [2.05, 4.69) is 17.0 Å². The first kappa shape index (κ1) is 31.6. The highest BCUT2D eigenvalue weighted by Gasteiger charge is 2.34. The van der Waals surface area contributed by atoms with Crippen molar-refractivity contribution in [2.24, 2.45) is 0 Å². The molecule has 226 valence electrons. The molecule has 1 unspecified atom stereocenters. The quantitative estimate of drug-likeness (QED) is 0.0799. The molecular formula is C34H37F2N3O4. The summed E-state index contributed by atoms with van der Waals surface area (Å²) in [6, 6.07) is 17.0. The van der Waals surface area contributed by atoms with Gasteiger partial charge in [-0.2, -0.15) is 5.10 Å². The van der Waals surface area contributed by atoms with Gasteiger partial charge in [0.25, 0.3) is 0 Å². The first-order valence-corrected chi connectivity index (χ1v) is 14.5. The number of allylic oxidation sites excluding steroid dienone is 1. The zero-order valence-electron chi connectivity index (χ0n) is 24.3. The topological polar surface area (TPSA) is 86.5 Å². The number of unbranched alkanes of at least 4 members (excludes halogenated alkanes) is 5. The van der Waals surface area contributed by atoms with E-state index in [0.29, 0.717) is 24.0 Å². The zero-order chi connectivity index (χ0) is 30.5. The molecule has 1 heterocycles. The third-order valence-corrected chi connectivity index (χ3v) is 7.01. The number of halogens is 2. The Bertz CT molecular complexity index is 1460. The summed E-state index contributed by atoms with van der Waals surface area (Å²) < 4.78 is 41.1. The summed E-state index contributed by atoms with van der Waals surface area (Å²) >= 11 is 0. The monoisotopic (exact) mass is 589 g/mol. The first-order chi connectivity index (χ1) is 20.9. The number of aromatic nitrogens is 3. The van der Waals surface area contributed by atoms with E-state index in [1.807, 2.05) is 12.1 Å². The lowest BCUT2D eigenvalue weighted by atomic mass is 9.94. The summed E-state index contributed by atoms with van der Waals surface area (Å²) in [7, 11) is 0. The second-order valence-electron chi connectivity index (χ2n) is 10.4. The van der Waals surface area contributed by atoms with Crippen LogP contribution in [0.25, 0.3) is 6.08 Å². The molecule has 0 aliphatic heterocycles. The molecule has 0 bridgehead atoms. The van der Waals surface area contributed by atoms with Crippen LogP contribution in [-0.4, -0.2) is 38.9 Å². The van der Waals surface area contributed by atoms with Gasteiger partial charge in [0.05, 0.1) is 13.2 Å². The highest BCUT2D eigenvalue weighted by molar-refractivity contribution is 6.06. The molecule has 9 heteroatoms. The molecule has 0 saturated heterocycles. The van der Waals surface area contributed by atoms with Gasteiger partial charge in [0, 0.05) is 17.2 Å². The number of hydrogen-bond acceptors (Lipinski definition) is 6. The lowest BCUT2D eigenvalue weighted by Gasteiger charge is -2.29. The molecule has 0 saturated carbocycles. The Morgan fingerprint density at radius 3 is 2.33 bits per heavy atom. The van der Waals surface area contributed by atoms with E-state index < -0.39 is 17.2 Å². The standard InChI is InChI=1S/C34H37F2N3O4/c1-2-3-4-5-6-7-20-42-29-16-11-27(12-17-29)33(40)19-10-26-8-14-30(15-9-26)43-23-34(41,22-39-25-37-24-38-39)31-18-13-28(35)21-32(31)36/h8-19,21,24-25,41H,2-7,20,22-23H2,1H3/b19-10+. The van der Waals surface area contributed by atoms with Gasteiger partial charge in [0.1, 0.15) is 48.0 Å². The van der Waals surface area contributed by atoms with Crippen molar-refractivity contribution in [2.75, 3.05) is 13.2 Å². The SMILES string of the molecule is CCCCCCCCOc1ccc(C(=O)/C=C/c2ccc(OCC(O)(Cn3cncn3)c3ccc(F)cc3F)cc2)cc1. The van der Waals surface area contributed by atoms with Crippen LogP contribution in [0.3, 0.4) is 0 Å². The highest BCUT2D eigenvalue weighted by atomic mass is 19.1. The molecule has 0 spiro atoms. The van der Waals surface area contributed by atoms with Crippen LogP contribution < -0.4 is 9.47 Å². The van der Waals surface area contributed by atoms with Crippen molar-refractivity contribution in [3.05, 3.63) is 114 Å². The maximum Gasteiger partial charge on any atom is 0.185 e. The highest BCUT2D eigenvalue weighted by Crippen LogP contribution is 2.28. The van der Waals surface area contributed by atoms with Crippen LogP contribution in [0.5, 0.6) is 11.5 Å². The maximum absolute atomic E-state index is 14.6. The summed E-state index contributed by atoms with van der Waals surface area (Å²) in [5.74, 6) is -0.620. The van der Waals surface area contributed by atoms with Gasteiger partial charge < -0.3 is 14.6 Å². The fourth-order valence-corrected chi connectivity index (χ4v) is 4.59. The Morgan fingerprint density at radius 1 is 0.930 bits per heavy atom. The van der Waals surface area contributed by atoms with E-state index in [-0.39, 0.29) is 24.5 Å². The molecule has 0 aliphatic carbocycles. The van der Waals surface area contributed by atoms with E-state index in [9.17, 15) is 18.7 Å². The van der Waals surface area contributed by atoms with Crippen molar-refractivity contribution in [1.29, 1.82) is 0 Å². The molecule has 43 heavy (non-hydrogen) atoms. The van der Waals surface area contributed by atoms with Gasteiger partial charge in [-0.25, -0.2) is 18.4 Å². The molecule has 1 aromatic heterocycles. The largest absolute Gasteiger partial charge is 0.494 e. The molecular weight excluding hydrogens is 552 g/mol. The minimum atomic E-state index is -1.86. The number of aliphatic hydroxyl groups is 1. The van der Waals surface area contributed by atoms with Crippen LogP contribution in [0.15, 0.2) is 85.5 Å². The number of nitrogens with zero attached hydrogens (tertiary/aromatic N) is 3. The average Bonchev–Trinajstić information content (AvgIpc) is 3.52. The lowest BCUT2D eigenvalue weighted by molar-refractivity contribution is -0.0297. The van der Waals surface area contributed by atoms with Crippen LogP contribution in [0.1, 0.15) is 66.9 Å². The molecule has 0 amide bonds. The Hall–Kier alpha value is -4.37. The van der Waals surface area contributed by atoms with E-state index in [1.54, 1.807) is 42.5 Å². The predicted molar refractivity (Wildman–Crippen MR) is 161 cm³/mol. The summed E-state index contributed by atoms with van der Waals surface area (Å²) in [6.45, 7) is 2.38. The van der Waals surface area contributed by atoms with Crippen molar-refractivity contribution >= 4 is 11.9 Å². The van der Waals surface area contributed by atoms with Gasteiger partial charge in [-0.3, -0.25) is 4.79 Å². The number of carbonyl (C=O) groups is 1. The summed E-state index contributed by atoms with van der Waals surface area (Å²) in [5.41, 5.74) is -0.657. The molecule has 4 aromatic rings. The number of ketones is 1. The van der Waals surface area contributed by atoms with Crippen molar-refractivity contribution in [2.45, 2.75) is 57.6 Å². The summed E-state index contributed by atoms with van der Waals surface area (Å²) in [5, 5.41) is 15.3. The fourth-order valence-electron chi connectivity index (χ4n) is 4.59. The van der Waals surface area contributed by atoms with Gasteiger partial charge in [-0.05, 0) is 60.5 Å². The van der Waals surface area contributed by atoms with Gasteiger partial charge >= 0.3 is 0 Å². The van der Waals surface area contributed by atoms with E-state index >= 15 is 0 Å². The number of hydrogen-bond donors (Lipinski definition) is 1. The van der Waals surface area contributed by atoms with E-state index in [1.165, 1.54) is 55.2 Å². The molecule has 1 N–H and O–H groups in total. The lowest BCUT2D eigenvalue weighted by Crippen LogP contribution is -2.39. The fraction of sp³-hybridized carbons (Fsp3) is 0.324. The first-order valence-electron chi connectivity index (χ1n) is 14.5. The smallest absolute Gasteiger partial charge is 0.185 e. The predicted octanol–water partition coefficient (Wildman–Crippen LogP) is 7.16. The van der Waals surface area contributed by atoms with E-state index in [0.717, 1.165) is 30.2 Å². The third-order valence-electron chi connectivity index (χ3n) is 7.01. The minimum Gasteiger partial charge on any atom is -0.494 e. The zero-order valence-corrected chi connectivity index (χ0v) is 24.3. The minimum absolute atomic E-state index is 0.125. The van der Waals surface area contributed by atoms with Crippen LogP contribution in [0.4, 0.5) is 8.78 Å². The molecule has 0 aliphatic rings. The Labute approximate surface area is 250 Å². The maximum atomic E-state index is 14.6. The number of carbonyl (C=O) groups excluding carboxylic acids is 1. The summed E-state index contributed by atoms with van der Waals surface area (Å²) in [4.78, 5) is 16.5. The third kappa shape index (κ3) is 9.58. The second-order valence-corrected chi connectivity index (χ2v) is 10.4. The number of rotatable bonds is 17. The van der Waals surface area contributed by atoms with Gasteiger partial charge in [-0.15, -0.1) is 0 Å². The van der Waals surface area contributed by atoms with E-state index in [4.69, 9.17) is 9.47 Å². The summed E-state index contributed by atoms with van der Waals surface area (Å²) in [6.07, 6.45) is 13.1. The molecule has 0 radical (unpaired) electrons. The number of ether oxygens (including phenoxy) is 2. The van der Waals surface area contributed by atoms with Crippen molar-refractivity contribution in [1.82, 2.24) is 14.8 Å². The Balaban J connectivity index is 1.30. The van der Waals surface area contributed by atoms with Gasteiger partial charge in [-0.1, -0.05) is 63.3 Å². The molecule has 7 nitrogen and oxygen atoms in total.